The maximum absolute atomic E-state index is 12.2. The number of aliphatic hydroxyl groups is 2. The van der Waals surface area contributed by atoms with Crippen molar-refractivity contribution in [1.29, 1.82) is 0 Å². The van der Waals surface area contributed by atoms with Gasteiger partial charge in [-0.25, -0.2) is 19.9 Å². The molecule has 10 aromatic rings. The van der Waals surface area contributed by atoms with E-state index in [9.17, 15) is 48.6 Å². The standard InChI is InChI=1S/C18H17NO4S.C16H15NO3S.C14H13NO2S.C11H9NO2S.C7H7BrO.C5H4BO3S.C5H8O4.H2O/c1-10(20)17-14(21)8-11(9-15(17)22)18-12(6-7-24-18)13-4-3-5-16(19-13)23-2;1-20-15-4-2-3-14(17-15)13-5-6-21-16(13)10-7-11(18)9-12(19)8-10;1-10(16)6-7-13-11(8-9-18-13)12-4-3-5-14(15-12)17-2;1-14-11-4-2-3-9(12-11)8-5-6-15-10(8)7-13;1-9-7-4-2-3-6(8)5-7;7-3-5-4(9-6-8)1-2-10-5;1-8-4(6)3-5(7)9-2;/h3-7,11,21H,8-9H2,1-2H3;2-6,9-10,18H,7-8H2,1H3;3-9H,1-2H3;2-7H,1H3;2-5H,1H3;1-3,8H;3H2,1-2H3;1H2/b;;7-6+;;;;;. The van der Waals surface area contributed by atoms with Crippen LogP contribution in [0.4, 0.5) is 0 Å². The van der Waals surface area contributed by atoms with Crippen LogP contribution in [0.1, 0.15) is 91.8 Å². The first-order valence-corrected chi connectivity index (χ1v) is 36.8. The van der Waals surface area contributed by atoms with E-state index in [1.165, 1.54) is 68.2 Å². The summed E-state index contributed by atoms with van der Waals surface area (Å²) >= 11 is 10.7. The SMILES string of the molecule is COC(=O)CC(=O)OC.COc1cccc(-c2ccsc2/C=C/C(C)=O)n1.COc1cccc(-c2ccsc2C2CC(=O)C(C(C)=O)=C(O)C2)n1.COc1cccc(-c2ccsc2C2CC(=O)C=C(O)C2)n1.COc1cccc(-c2ccsc2C=O)n1.COc1cccc(Br)c1.O.O=Cc1sccc1O[B]O. The highest BCUT2D eigenvalue weighted by Crippen LogP contribution is 2.43. The van der Waals surface area contributed by atoms with Gasteiger partial charge in [0.1, 0.15) is 28.6 Å². The number of hydrogen-bond acceptors (Lipinski definition) is 28. The van der Waals surface area contributed by atoms with Gasteiger partial charge in [-0.2, -0.15) is 0 Å². The van der Waals surface area contributed by atoms with Gasteiger partial charge < -0.3 is 58.5 Å². The molecule has 2 atom stereocenters. The smallest absolute Gasteiger partial charge is 0.536 e. The number of carbonyl (C=O) groups is 8. The second kappa shape index (κ2) is 45.7. The van der Waals surface area contributed by atoms with Gasteiger partial charge in [0.25, 0.3) is 0 Å². The maximum atomic E-state index is 12.2. The molecule has 559 valence electrons. The zero-order valence-corrected chi connectivity index (χ0v) is 64.9. The fourth-order valence-corrected chi connectivity index (χ4v) is 14.4. The fraction of sp³-hybridized carbons (Fsp3) is 0.211. The fourth-order valence-electron chi connectivity index (χ4n) is 9.83. The Balaban J connectivity index is 0.000000230. The van der Waals surface area contributed by atoms with Gasteiger partial charge >= 0.3 is 19.6 Å². The lowest BCUT2D eigenvalue weighted by molar-refractivity contribution is -0.151. The Morgan fingerprint density at radius 2 is 0.963 bits per heavy atom. The molecule has 0 spiro atoms. The third kappa shape index (κ3) is 27.0. The number of thiophene rings is 5. The lowest BCUT2D eigenvalue weighted by atomic mass is 9.83. The number of halogens is 1. The summed E-state index contributed by atoms with van der Waals surface area (Å²) in [6.07, 6.45) is 7.38. The Kier molecular flexibility index (Phi) is 37.1. The molecule has 9 aromatic heterocycles. The van der Waals surface area contributed by atoms with Crippen molar-refractivity contribution in [3.63, 3.8) is 0 Å². The quantitative estimate of drug-likeness (QED) is 0.0159. The van der Waals surface area contributed by atoms with Gasteiger partial charge in [-0.15, -0.1) is 56.7 Å². The van der Waals surface area contributed by atoms with Crippen molar-refractivity contribution in [2.45, 2.75) is 57.8 Å². The van der Waals surface area contributed by atoms with E-state index in [0.29, 0.717) is 65.8 Å². The van der Waals surface area contributed by atoms with Gasteiger partial charge in [0.15, 0.2) is 35.7 Å². The molecule has 107 heavy (non-hydrogen) atoms. The first kappa shape index (κ1) is 87.0. The summed E-state index contributed by atoms with van der Waals surface area (Å²) in [5, 5.41) is 37.5. The van der Waals surface area contributed by atoms with Crippen LogP contribution in [0.2, 0.25) is 0 Å². The third-order valence-corrected chi connectivity index (χ3v) is 19.9. The number of aliphatic hydroxyl groups excluding tert-OH is 2. The molecule has 0 aliphatic heterocycles. The molecule has 2 aliphatic rings. The topological polar surface area (TPSA) is 354 Å². The number of carbonyl (C=O) groups excluding carboxylic acids is 8. The Bertz CT molecular complexity index is 4680. The molecule has 31 heteroatoms. The van der Waals surface area contributed by atoms with Gasteiger partial charge in [-0.05, 0) is 126 Å². The number of Topliss-reactive ketones (excluding diaryl/α,β-unsaturated/α-hetero) is 2. The summed E-state index contributed by atoms with van der Waals surface area (Å²) in [5.74, 6) is 1.58. The number of hydrogen-bond donors (Lipinski definition) is 3. The highest BCUT2D eigenvalue weighted by molar-refractivity contribution is 9.10. The zero-order chi connectivity index (χ0) is 77.1. The second-order valence-electron chi connectivity index (χ2n) is 21.7. The average molecular weight is 1620 g/mol. The van der Waals surface area contributed by atoms with Gasteiger partial charge in [0, 0.05) is 109 Å². The Morgan fingerprint density at radius 3 is 1.37 bits per heavy atom. The molecule has 5 N–H and O–H groups in total. The maximum Gasteiger partial charge on any atom is 0.569 e. The van der Waals surface area contributed by atoms with E-state index in [2.05, 4.69) is 50.0 Å². The molecule has 1 radical (unpaired) electrons. The molecule has 0 saturated carbocycles. The van der Waals surface area contributed by atoms with Crippen LogP contribution in [0.5, 0.6) is 35.0 Å². The predicted octanol–water partition coefficient (Wildman–Crippen LogP) is 15.2. The Morgan fingerprint density at radius 1 is 0.533 bits per heavy atom. The van der Waals surface area contributed by atoms with Crippen molar-refractivity contribution in [2.24, 2.45) is 0 Å². The molecular weight excluding hydrogens is 1540 g/mol. The van der Waals surface area contributed by atoms with E-state index < -0.39 is 11.9 Å². The summed E-state index contributed by atoms with van der Waals surface area (Å²) in [6.45, 7) is 2.84. The number of nitrogens with zero attached hydrogens (tertiary/aromatic N) is 4. The monoisotopic (exact) mass is 1610 g/mol. The minimum absolute atomic E-state index is 0. The van der Waals surface area contributed by atoms with Crippen molar-refractivity contribution in [2.75, 3.05) is 49.8 Å². The molecule has 0 bridgehead atoms. The number of benzene rings is 1. The summed E-state index contributed by atoms with van der Waals surface area (Å²) in [6, 6.07) is 39.4. The summed E-state index contributed by atoms with van der Waals surface area (Å²) < 4.78 is 39.4. The number of rotatable bonds is 20. The molecule has 2 aliphatic carbocycles. The van der Waals surface area contributed by atoms with Crippen LogP contribution in [0.25, 0.3) is 51.1 Å². The first-order chi connectivity index (χ1) is 51.1. The van der Waals surface area contributed by atoms with Crippen molar-refractivity contribution >= 4 is 134 Å². The zero-order valence-electron chi connectivity index (χ0n) is 59.2. The van der Waals surface area contributed by atoms with Gasteiger partial charge in [0.05, 0.1) is 88.8 Å². The van der Waals surface area contributed by atoms with Crippen molar-refractivity contribution in [3.8, 4) is 80.0 Å². The number of methoxy groups -OCH3 is 7. The predicted molar refractivity (Wildman–Crippen MR) is 418 cm³/mol. The van der Waals surface area contributed by atoms with Crippen molar-refractivity contribution in [1.82, 2.24) is 19.9 Å². The number of ether oxygens (including phenoxy) is 7. The van der Waals surface area contributed by atoms with Crippen LogP contribution < -0.4 is 28.3 Å². The van der Waals surface area contributed by atoms with Crippen molar-refractivity contribution in [3.05, 3.63) is 212 Å². The molecule has 24 nitrogen and oxygen atoms in total. The molecule has 1 aromatic carbocycles. The van der Waals surface area contributed by atoms with Crippen LogP contribution in [0.3, 0.4) is 0 Å². The highest BCUT2D eigenvalue weighted by atomic mass is 79.9. The molecule has 0 amide bonds. The third-order valence-electron chi connectivity index (χ3n) is 14.7. The molecule has 2 unspecified atom stereocenters. The lowest BCUT2D eigenvalue weighted by Gasteiger charge is -2.22. The van der Waals surface area contributed by atoms with Crippen LogP contribution in [0, 0.1) is 0 Å². The van der Waals surface area contributed by atoms with Crippen LogP contribution >= 0.6 is 72.6 Å². The first-order valence-electron chi connectivity index (χ1n) is 31.6. The largest absolute Gasteiger partial charge is 0.569 e. The highest BCUT2D eigenvalue weighted by Gasteiger charge is 2.33. The Labute approximate surface area is 646 Å². The summed E-state index contributed by atoms with van der Waals surface area (Å²) in [7, 11) is 10.9. The average Bonchev–Trinajstić information content (AvgIpc) is 1.62. The number of aldehydes is 2. The number of ketones is 4. The van der Waals surface area contributed by atoms with Crippen LogP contribution in [0.15, 0.2) is 188 Å². The van der Waals surface area contributed by atoms with E-state index in [0.717, 1.165) is 76.2 Å². The molecule has 0 saturated heterocycles. The molecule has 0 fully saturated rings. The minimum Gasteiger partial charge on any atom is -0.536 e. The summed E-state index contributed by atoms with van der Waals surface area (Å²) in [4.78, 5) is 110. The number of esters is 2. The minimum atomic E-state index is -0.582. The van der Waals surface area contributed by atoms with E-state index in [4.69, 9.17) is 28.7 Å². The van der Waals surface area contributed by atoms with Crippen LogP contribution in [-0.2, 0) is 38.2 Å². The Hall–Kier alpha value is -10.6. The van der Waals surface area contributed by atoms with E-state index in [-0.39, 0.29) is 76.8 Å². The molecule has 9 heterocycles. The van der Waals surface area contributed by atoms with Gasteiger partial charge in [-0.3, -0.25) is 38.4 Å². The molecule has 12 rings (SSSR count). The van der Waals surface area contributed by atoms with E-state index in [1.807, 2.05) is 125 Å². The summed E-state index contributed by atoms with van der Waals surface area (Å²) in [5.41, 5.74) is 6.94. The number of aromatic nitrogens is 4. The van der Waals surface area contributed by atoms with E-state index in [1.54, 1.807) is 100 Å². The van der Waals surface area contributed by atoms with Crippen molar-refractivity contribution < 1.29 is 96.9 Å². The molecular formula is C76H75BBrN4O20S5. The van der Waals surface area contributed by atoms with Crippen LogP contribution in [-0.4, -0.2) is 146 Å². The van der Waals surface area contributed by atoms with Gasteiger partial charge in [0.2, 0.25) is 23.5 Å². The normalized spacial score (nSPS) is 13.1. The van der Waals surface area contributed by atoms with Gasteiger partial charge in [-0.1, -0.05) is 46.3 Å². The number of allylic oxidation sites excluding steroid dienone is 5. The van der Waals surface area contributed by atoms with E-state index >= 15 is 0 Å². The number of pyridine rings is 4. The lowest BCUT2D eigenvalue weighted by Crippen LogP contribution is -2.22. The second-order valence-corrected chi connectivity index (χ2v) is 27.4.